The highest BCUT2D eigenvalue weighted by molar-refractivity contribution is 5.56. The molecule has 250 valence electrons. The SMILES string of the molecule is COc1cc(CCc2cc3c(c(O[C@@H]4O[C@H](CO)[C@@H](O)[C@H](O)[C@H]4O)c2)OCO3)cc(O[C@@H]2O[C@H](CO)[C@@H](O)[C@H](O)[C@H]2O)c1OC. The molecule has 2 saturated heterocycles. The number of aliphatic hydroxyl groups is 8. The average molecular weight is 643 g/mol. The predicted octanol–water partition coefficient (Wildman–Crippen LogP) is -2.42. The van der Waals surface area contributed by atoms with Gasteiger partial charge in [-0.25, -0.2) is 0 Å². The Hall–Kier alpha value is -3.16. The highest BCUT2D eigenvalue weighted by atomic mass is 16.7. The van der Waals surface area contributed by atoms with E-state index < -0.39 is 74.6 Å². The quantitative estimate of drug-likeness (QED) is 0.127. The first-order valence-electron chi connectivity index (χ1n) is 14.2. The second-order valence-electron chi connectivity index (χ2n) is 10.8. The summed E-state index contributed by atoms with van der Waals surface area (Å²) in [7, 11) is 2.82. The molecule has 0 aromatic heterocycles. The summed E-state index contributed by atoms with van der Waals surface area (Å²) in [6.07, 6.45) is -14.1. The van der Waals surface area contributed by atoms with E-state index in [1.165, 1.54) is 14.2 Å². The number of benzene rings is 2. The van der Waals surface area contributed by atoms with Crippen molar-refractivity contribution in [2.45, 2.75) is 74.3 Å². The van der Waals surface area contributed by atoms with E-state index in [1.54, 1.807) is 24.3 Å². The van der Waals surface area contributed by atoms with Gasteiger partial charge >= 0.3 is 0 Å². The molecule has 3 heterocycles. The Morgan fingerprint density at radius 1 is 0.622 bits per heavy atom. The van der Waals surface area contributed by atoms with E-state index in [4.69, 9.17) is 37.9 Å². The molecule has 2 aromatic rings. The number of fused-ring (bicyclic) bond motifs is 1. The molecule has 0 saturated carbocycles. The van der Waals surface area contributed by atoms with Crippen molar-refractivity contribution in [1.82, 2.24) is 0 Å². The van der Waals surface area contributed by atoms with Crippen LogP contribution in [0.5, 0.6) is 34.5 Å². The van der Waals surface area contributed by atoms with Gasteiger partial charge in [0.2, 0.25) is 30.9 Å². The van der Waals surface area contributed by atoms with Gasteiger partial charge < -0.3 is 78.7 Å². The average Bonchev–Trinajstić information content (AvgIpc) is 3.53. The van der Waals surface area contributed by atoms with Crippen molar-refractivity contribution >= 4 is 0 Å². The van der Waals surface area contributed by atoms with Crippen molar-refractivity contribution in [1.29, 1.82) is 0 Å². The van der Waals surface area contributed by atoms with Crippen molar-refractivity contribution in [2.75, 3.05) is 34.2 Å². The van der Waals surface area contributed by atoms with Crippen molar-refractivity contribution in [2.24, 2.45) is 0 Å². The summed E-state index contributed by atoms with van der Waals surface area (Å²) in [6, 6.07) is 6.73. The van der Waals surface area contributed by atoms with Gasteiger partial charge in [0.1, 0.15) is 48.8 Å². The molecule has 0 bridgehead atoms. The van der Waals surface area contributed by atoms with Gasteiger partial charge in [0, 0.05) is 0 Å². The fraction of sp³-hybridized carbons (Fsp3) is 0.586. The molecule has 2 fully saturated rings. The monoisotopic (exact) mass is 642 g/mol. The van der Waals surface area contributed by atoms with Crippen LogP contribution in [0, 0.1) is 0 Å². The molecule has 5 rings (SSSR count). The van der Waals surface area contributed by atoms with Gasteiger partial charge in [0.05, 0.1) is 27.4 Å². The van der Waals surface area contributed by atoms with E-state index in [-0.39, 0.29) is 29.8 Å². The first kappa shape index (κ1) is 33.2. The van der Waals surface area contributed by atoms with Crippen LogP contribution >= 0.6 is 0 Å². The summed E-state index contributed by atoms with van der Waals surface area (Å²) in [6.45, 7) is -1.32. The molecule has 3 aliphatic rings. The van der Waals surface area contributed by atoms with E-state index in [2.05, 4.69) is 0 Å². The summed E-state index contributed by atoms with van der Waals surface area (Å²) >= 11 is 0. The maximum absolute atomic E-state index is 10.5. The molecule has 3 aliphatic heterocycles. The van der Waals surface area contributed by atoms with Gasteiger partial charge in [0.25, 0.3) is 0 Å². The molecule has 0 spiro atoms. The Morgan fingerprint density at radius 2 is 1.13 bits per heavy atom. The molecule has 10 atom stereocenters. The molecule has 16 nitrogen and oxygen atoms in total. The van der Waals surface area contributed by atoms with Crippen LogP contribution in [0.25, 0.3) is 0 Å². The number of aryl methyl sites for hydroxylation is 2. The summed E-state index contributed by atoms with van der Waals surface area (Å²) < 4.78 is 44.7. The van der Waals surface area contributed by atoms with E-state index in [0.717, 1.165) is 0 Å². The molecule has 45 heavy (non-hydrogen) atoms. The molecule has 0 unspecified atom stereocenters. The van der Waals surface area contributed by atoms with Crippen molar-refractivity contribution in [3.8, 4) is 34.5 Å². The fourth-order valence-corrected chi connectivity index (χ4v) is 5.35. The maximum atomic E-state index is 10.5. The summed E-state index contributed by atoms with van der Waals surface area (Å²) in [5.74, 6) is 1.34. The van der Waals surface area contributed by atoms with Crippen molar-refractivity contribution < 1.29 is 78.7 Å². The minimum atomic E-state index is -1.64. The molecule has 8 N–H and O–H groups in total. The van der Waals surface area contributed by atoms with Crippen LogP contribution < -0.4 is 28.4 Å². The molecule has 0 amide bonds. The van der Waals surface area contributed by atoms with Gasteiger partial charge in [-0.2, -0.15) is 0 Å². The fourth-order valence-electron chi connectivity index (χ4n) is 5.35. The van der Waals surface area contributed by atoms with Crippen LogP contribution in [0.1, 0.15) is 11.1 Å². The normalized spacial score (nSPS) is 32.7. The van der Waals surface area contributed by atoms with Crippen molar-refractivity contribution in [3.63, 3.8) is 0 Å². The Kier molecular flexibility index (Phi) is 10.4. The van der Waals surface area contributed by atoms with Crippen LogP contribution in [0.2, 0.25) is 0 Å². The molecular weight excluding hydrogens is 604 g/mol. The number of rotatable bonds is 11. The lowest BCUT2D eigenvalue weighted by Gasteiger charge is -2.39. The number of hydrogen-bond acceptors (Lipinski definition) is 16. The molecule has 0 aliphatic carbocycles. The van der Waals surface area contributed by atoms with Crippen LogP contribution in [-0.4, -0.2) is 136 Å². The molecule has 16 heteroatoms. The van der Waals surface area contributed by atoms with Gasteiger partial charge in [-0.15, -0.1) is 0 Å². The van der Waals surface area contributed by atoms with Crippen LogP contribution in [0.3, 0.4) is 0 Å². The first-order valence-corrected chi connectivity index (χ1v) is 14.2. The Bertz CT molecular complexity index is 1300. The van der Waals surface area contributed by atoms with Crippen LogP contribution in [0.4, 0.5) is 0 Å². The number of ether oxygens (including phenoxy) is 8. The van der Waals surface area contributed by atoms with Gasteiger partial charge in [-0.3, -0.25) is 0 Å². The van der Waals surface area contributed by atoms with E-state index in [0.29, 0.717) is 35.5 Å². The van der Waals surface area contributed by atoms with Gasteiger partial charge in [-0.05, 0) is 48.2 Å². The zero-order chi connectivity index (χ0) is 32.4. The lowest BCUT2D eigenvalue weighted by Crippen LogP contribution is -2.60. The van der Waals surface area contributed by atoms with E-state index in [1.807, 2.05) is 0 Å². The largest absolute Gasteiger partial charge is 0.493 e. The third kappa shape index (κ3) is 6.71. The minimum Gasteiger partial charge on any atom is -0.493 e. The topological polar surface area (TPSA) is 236 Å². The van der Waals surface area contributed by atoms with Crippen molar-refractivity contribution in [3.05, 3.63) is 35.4 Å². The molecule has 2 aromatic carbocycles. The second kappa shape index (κ2) is 14.1. The number of methoxy groups -OCH3 is 2. The highest BCUT2D eigenvalue weighted by Crippen LogP contribution is 2.44. The first-order chi connectivity index (χ1) is 21.6. The lowest BCUT2D eigenvalue weighted by molar-refractivity contribution is -0.277. The smallest absolute Gasteiger partial charge is 0.231 e. The van der Waals surface area contributed by atoms with Gasteiger partial charge in [-0.1, -0.05) is 0 Å². The number of hydrogen-bond donors (Lipinski definition) is 8. The molecular formula is C29H38O16. The third-order valence-electron chi connectivity index (χ3n) is 7.89. The maximum Gasteiger partial charge on any atom is 0.231 e. The van der Waals surface area contributed by atoms with E-state index >= 15 is 0 Å². The van der Waals surface area contributed by atoms with Gasteiger partial charge in [0.15, 0.2) is 23.0 Å². The number of aliphatic hydroxyl groups excluding tert-OH is 8. The van der Waals surface area contributed by atoms with Crippen LogP contribution in [0.15, 0.2) is 24.3 Å². The predicted molar refractivity (Wildman–Crippen MR) is 148 cm³/mol. The van der Waals surface area contributed by atoms with E-state index in [9.17, 15) is 40.9 Å². The lowest BCUT2D eigenvalue weighted by atomic mass is 9.99. The third-order valence-corrected chi connectivity index (χ3v) is 7.89. The highest BCUT2D eigenvalue weighted by Gasteiger charge is 2.46. The zero-order valence-electron chi connectivity index (χ0n) is 24.5. The summed E-state index contributed by atoms with van der Waals surface area (Å²) in [5.41, 5.74) is 1.41. The minimum absolute atomic E-state index is 0.0852. The summed E-state index contributed by atoms with van der Waals surface area (Å²) in [4.78, 5) is 0. The molecule has 0 radical (unpaired) electrons. The Balaban J connectivity index is 1.36. The van der Waals surface area contributed by atoms with Crippen LogP contribution in [-0.2, 0) is 22.3 Å². The Morgan fingerprint density at radius 3 is 1.67 bits per heavy atom. The standard InChI is InChI=1S/C29H38O16/c1-38-14-5-12(7-16(26(14)39-2)42-28-24(36)22(34)20(32)18(9-30)44-28)3-4-13-6-15-27(41-11-40-15)17(8-13)43-29-25(37)23(35)21(33)19(10-31)45-29/h5-8,18-25,28-37H,3-4,9-11H2,1-2H3/t18-,19-,20-,21-,22+,23+,24-,25-,28-,29-/m1/s1. The zero-order valence-corrected chi connectivity index (χ0v) is 24.5. The summed E-state index contributed by atoms with van der Waals surface area (Å²) in [5, 5.41) is 80.5. The Labute approximate surface area is 257 Å². The second-order valence-corrected chi connectivity index (χ2v) is 10.8.